The highest BCUT2D eigenvalue weighted by molar-refractivity contribution is 5.87. The molecule has 1 aliphatic rings. The van der Waals surface area contributed by atoms with Crippen LogP contribution in [0.15, 0.2) is 48.7 Å². The smallest absolute Gasteiger partial charge is 0.325 e. The number of esters is 1. The normalized spacial score (nSPS) is 15.7. The van der Waals surface area contributed by atoms with E-state index in [2.05, 4.69) is 15.3 Å². The van der Waals surface area contributed by atoms with E-state index in [1.807, 2.05) is 28.8 Å². The summed E-state index contributed by atoms with van der Waals surface area (Å²) < 4.78 is 21.2. The van der Waals surface area contributed by atoms with E-state index in [1.165, 1.54) is 6.07 Å². The van der Waals surface area contributed by atoms with Crippen LogP contribution in [0.5, 0.6) is 0 Å². The van der Waals surface area contributed by atoms with E-state index < -0.39 is 0 Å². The van der Waals surface area contributed by atoms with Gasteiger partial charge in [0.15, 0.2) is 0 Å². The number of carbonyl (C=O) groups excluding carboxylic acids is 1. The van der Waals surface area contributed by atoms with Gasteiger partial charge >= 0.3 is 5.97 Å². The third-order valence-electron chi connectivity index (χ3n) is 5.82. The lowest BCUT2D eigenvalue weighted by atomic mass is 9.91. The van der Waals surface area contributed by atoms with Crippen molar-refractivity contribution < 1.29 is 13.9 Å². The largest absolute Gasteiger partial charge is 0.465 e. The highest BCUT2D eigenvalue weighted by Gasteiger charge is 2.27. The number of aromatic nitrogens is 3. The number of nitrogens with one attached hydrogen (secondary N) is 1. The lowest BCUT2D eigenvalue weighted by Gasteiger charge is -2.25. The first kappa shape index (κ1) is 19.5. The van der Waals surface area contributed by atoms with Crippen LogP contribution in [0.2, 0.25) is 0 Å². The lowest BCUT2D eigenvalue weighted by Crippen LogP contribution is -2.29. The second-order valence-corrected chi connectivity index (χ2v) is 7.81. The van der Waals surface area contributed by atoms with E-state index in [-0.39, 0.29) is 24.4 Å². The summed E-state index contributed by atoms with van der Waals surface area (Å²) in [6, 6.07) is 12.7. The van der Waals surface area contributed by atoms with Crippen molar-refractivity contribution in [2.45, 2.75) is 38.8 Å². The summed E-state index contributed by atoms with van der Waals surface area (Å²) in [4.78, 5) is 21.3. The molecule has 1 atom stereocenters. The monoisotopic (exact) mass is 418 g/mol. The molecule has 0 amide bonds. The van der Waals surface area contributed by atoms with Gasteiger partial charge in [0.1, 0.15) is 18.2 Å². The van der Waals surface area contributed by atoms with Gasteiger partial charge in [0.25, 0.3) is 0 Å². The Kier molecular flexibility index (Phi) is 5.02. The molecule has 2 aromatic heterocycles. The minimum Gasteiger partial charge on any atom is -0.465 e. The molecule has 0 fully saturated rings. The Morgan fingerprint density at radius 2 is 2.10 bits per heavy atom. The van der Waals surface area contributed by atoms with Crippen LogP contribution < -0.4 is 5.32 Å². The van der Waals surface area contributed by atoms with Gasteiger partial charge in [0, 0.05) is 22.6 Å². The number of para-hydroxylation sites is 2. The summed E-state index contributed by atoms with van der Waals surface area (Å²) in [6.45, 7) is 2.27. The van der Waals surface area contributed by atoms with Gasteiger partial charge in [0.2, 0.25) is 0 Å². The first-order valence-corrected chi connectivity index (χ1v) is 10.6. The maximum atomic E-state index is 14.1. The summed E-state index contributed by atoms with van der Waals surface area (Å²) in [7, 11) is 0. The Morgan fingerprint density at radius 1 is 1.26 bits per heavy atom. The predicted octanol–water partition coefficient (Wildman–Crippen LogP) is 4.26. The van der Waals surface area contributed by atoms with E-state index in [9.17, 15) is 9.18 Å². The van der Waals surface area contributed by atoms with E-state index in [1.54, 1.807) is 25.3 Å². The van der Waals surface area contributed by atoms with Crippen LogP contribution in [0, 0.1) is 5.82 Å². The van der Waals surface area contributed by atoms with E-state index >= 15 is 0 Å². The van der Waals surface area contributed by atoms with Crippen LogP contribution in [0.25, 0.3) is 21.9 Å². The number of fused-ring (bicyclic) bond motifs is 4. The lowest BCUT2D eigenvalue weighted by molar-refractivity contribution is -0.143. The molecule has 0 radical (unpaired) electrons. The van der Waals surface area contributed by atoms with Gasteiger partial charge in [-0.25, -0.2) is 9.37 Å². The molecule has 0 aliphatic heterocycles. The second-order valence-electron chi connectivity index (χ2n) is 7.81. The van der Waals surface area contributed by atoms with Crippen LogP contribution in [0.1, 0.15) is 24.6 Å². The van der Waals surface area contributed by atoms with Crippen molar-refractivity contribution in [3.05, 3.63) is 65.7 Å². The summed E-state index contributed by atoms with van der Waals surface area (Å²) >= 11 is 0. The molecule has 6 nitrogen and oxygen atoms in total. The molecule has 4 aromatic rings. The summed E-state index contributed by atoms with van der Waals surface area (Å²) in [5.41, 5.74) is 4.73. The Morgan fingerprint density at radius 3 is 2.94 bits per heavy atom. The van der Waals surface area contributed by atoms with Crippen LogP contribution >= 0.6 is 0 Å². The van der Waals surface area contributed by atoms with Crippen LogP contribution in [0.4, 0.5) is 10.2 Å². The van der Waals surface area contributed by atoms with Crippen molar-refractivity contribution in [2.24, 2.45) is 0 Å². The number of carbonyl (C=O) groups is 1. The molecule has 31 heavy (non-hydrogen) atoms. The Labute approximate surface area is 179 Å². The van der Waals surface area contributed by atoms with Crippen LogP contribution in [0.3, 0.4) is 0 Å². The first-order valence-electron chi connectivity index (χ1n) is 10.6. The minimum atomic E-state index is -0.279. The zero-order chi connectivity index (χ0) is 21.4. The van der Waals surface area contributed by atoms with Crippen molar-refractivity contribution in [3.8, 4) is 0 Å². The van der Waals surface area contributed by atoms with E-state index in [4.69, 9.17) is 4.74 Å². The quantitative estimate of drug-likeness (QED) is 0.491. The zero-order valence-electron chi connectivity index (χ0n) is 17.3. The molecule has 2 heterocycles. The molecule has 0 bridgehead atoms. The average Bonchev–Trinajstić information content (AvgIpc) is 3.06. The van der Waals surface area contributed by atoms with Crippen molar-refractivity contribution in [1.29, 1.82) is 0 Å². The maximum Gasteiger partial charge on any atom is 0.325 e. The standard InChI is InChI=1S/C24H23FN4O2/c1-2-31-24(30)14-29-21-9-7-15(25)11-17(21)18-12-16(8-10-22(18)29)27-23-13-26-19-5-3-4-6-20(19)28-23/h3-7,9,11,13,16H,2,8,10,12,14H2,1H3,(H,27,28)/t16-/m0/s1. The molecule has 0 saturated heterocycles. The third kappa shape index (κ3) is 3.71. The number of benzene rings is 2. The third-order valence-corrected chi connectivity index (χ3v) is 5.82. The highest BCUT2D eigenvalue weighted by atomic mass is 19.1. The first-order chi connectivity index (χ1) is 15.1. The molecule has 1 N–H and O–H groups in total. The number of anilines is 1. The number of hydrogen-bond acceptors (Lipinski definition) is 5. The van der Waals surface area contributed by atoms with Gasteiger partial charge in [0.05, 0.1) is 23.8 Å². The Balaban J connectivity index is 1.46. The molecule has 0 unspecified atom stereocenters. The summed E-state index contributed by atoms with van der Waals surface area (Å²) in [6.07, 6.45) is 4.13. The van der Waals surface area contributed by atoms with Gasteiger partial charge in [-0.2, -0.15) is 0 Å². The van der Waals surface area contributed by atoms with Gasteiger partial charge in [-0.1, -0.05) is 12.1 Å². The topological polar surface area (TPSA) is 69.0 Å². The minimum absolute atomic E-state index is 0.138. The molecule has 0 spiro atoms. The molecule has 0 saturated carbocycles. The second kappa shape index (κ2) is 7.98. The van der Waals surface area contributed by atoms with Crippen LogP contribution in [-0.2, 0) is 28.9 Å². The molecular formula is C24H23FN4O2. The zero-order valence-corrected chi connectivity index (χ0v) is 17.3. The number of rotatable bonds is 5. The van der Waals surface area contributed by atoms with Crippen molar-refractivity contribution in [2.75, 3.05) is 11.9 Å². The summed E-state index contributed by atoms with van der Waals surface area (Å²) in [5, 5.41) is 4.35. The molecule has 158 valence electrons. The molecule has 5 rings (SSSR count). The number of hydrogen-bond donors (Lipinski definition) is 1. The fourth-order valence-corrected chi connectivity index (χ4v) is 4.50. The van der Waals surface area contributed by atoms with E-state index in [0.29, 0.717) is 6.61 Å². The Hall–Kier alpha value is -3.48. The molecule has 2 aromatic carbocycles. The van der Waals surface area contributed by atoms with Crippen molar-refractivity contribution in [1.82, 2.24) is 14.5 Å². The fraction of sp³-hybridized carbons (Fsp3) is 0.292. The number of nitrogens with zero attached hydrogens (tertiary/aromatic N) is 3. The highest BCUT2D eigenvalue weighted by Crippen LogP contribution is 2.33. The molecule has 1 aliphatic carbocycles. The average molecular weight is 418 g/mol. The van der Waals surface area contributed by atoms with E-state index in [0.717, 1.165) is 58.3 Å². The van der Waals surface area contributed by atoms with Gasteiger partial charge < -0.3 is 14.6 Å². The Bertz CT molecular complexity index is 1280. The predicted molar refractivity (Wildman–Crippen MR) is 118 cm³/mol. The number of ether oxygens (including phenoxy) is 1. The maximum absolute atomic E-state index is 14.1. The molecule has 7 heteroatoms. The fourth-order valence-electron chi connectivity index (χ4n) is 4.50. The van der Waals surface area contributed by atoms with Crippen LogP contribution in [-0.4, -0.2) is 33.2 Å². The SMILES string of the molecule is CCOC(=O)Cn1c2c(c3cc(F)ccc31)C[C@@H](Nc1cnc3ccccc3n1)CC2. The van der Waals surface area contributed by atoms with Gasteiger partial charge in [-0.15, -0.1) is 0 Å². The van der Waals surface area contributed by atoms with Crippen molar-refractivity contribution >= 4 is 33.7 Å². The number of halogens is 1. The van der Waals surface area contributed by atoms with Gasteiger partial charge in [-0.05, 0) is 62.1 Å². The van der Waals surface area contributed by atoms with Gasteiger partial charge in [-0.3, -0.25) is 9.78 Å². The molecular weight excluding hydrogens is 395 g/mol. The van der Waals surface area contributed by atoms with Crippen molar-refractivity contribution in [3.63, 3.8) is 0 Å². The summed E-state index contributed by atoms with van der Waals surface area (Å²) in [5.74, 6) is 0.172.